The Morgan fingerprint density at radius 1 is 1.03 bits per heavy atom. The second kappa shape index (κ2) is 9.60. The number of carbonyl (C=O) groups is 2. The lowest BCUT2D eigenvalue weighted by atomic mass is 9.71. The van der Waals surface area contributed by atoms with Crippen molar-refractivity contribution in [2.24, 2.45) is 0 Å². The van der Waals surface area contributed by atoms with Crippen molar-refractivity contribution in [3.63, 3.8) is 0 Å². The Kier molecular flexibility index (Phi) is 6.35. The highest BCUT2D eigenvalue weighted by Gasteiger charge is 2.41. The van der Waals surface area contributed by atoms with E-state index in [0.29, 0.717) is 59.3 Å². The van der Waals surface area contributed by atoms with Crippen molar-refractivity contribution in [2.75, 3.05) is 27.6 Å². The number of esters is 1. The average Bonchev–Trinajstić information content (AvgIpc) is 3.35. The van der Waals surface area contributed by atoms with Gasteiger partial charge in [0, 0.05) is 29.3 Å². The van der Waals surface area contributed by atoms with E-state index in [1.165, 1.54) is 7.11 Å². The molecule has 0 spiro atoms. The zero-order valence-electron chi connectivity index (χ0n) is 20.8. The third kappa shape index (κ3) is 4.06. The number of benzene rings is 2. The van der Waals surface area contributed by atoms with E-state index in [0.717, 1.165) is 16.8 Å². The summed E-state index contributed by atoms with van der Waals surface area (Å²) in [4.78, 5) is 26.6. The Bertz CT molecular complexity index is 1290. The van der Waals surface area contributed by atoms with Crippen LogP contribution in [0.5, 0.6) is 23.0 Å². The van der Waals surface area contributed by atoms with Crippen LogP contribution in [0.3, 0.4) is 0 Å². The van der Waals surface area contributed by atoms with E-state index in [9.17, 15) is 9.59 Å². The van der Waals surface area contributed by atoms with E-state index < -0.39 is 11.9 Å². The molecule has 0 unspecified atom stereocenters. The van der Waals surface area contributed by atoms with Gasteiger partial charge in [-0.05, 0) is 61.6 Å². The number of rotatable bonds is 6. The van der Waals surface area contributed by atoms with Crippen molar-refractivity contribution in [3.05, 3.63) is 70.1 Å². The maximum atomic E-state index is 13.7. The minimum Gasteiger partial charge on any atom is -0.493 e. The monoisotopic (exact) mass is 491 g/mol. The van der Waals surface area contributed by atoms with Crippen molar-refractivity contribution in [1.29, 1.82) is 0 Å². The third-order valence-corrected chi connectivity index (χ3v) is 6.92. The maximum absolute atomic E-state index is 13.7. The molecule has 0 saturated carbocycles. The van der Waals surface area contributed by atoms with Crippen molar-refractivity contribution < 1.29 is 33.3 Å². The Morgan fingerprint density at radius 2 is 1.81 bits per heavy atom. The minimum absolute atomic E-state index is 0.0156. The second-order valence-corrected chi connectivity index (χ2v) is 8.96. The number of methoxy groups -OCH3 is 2. The molecule has 2 aromatic carbocycles. The molecule has 8 nitrogen and oxygen atoms in total. The molecule has 0 radical (unpaired) electrons. The largest absolute Gasteiger partial charge is 0.493 e. The minimum atomic E-state index is -0.563. The van der Waals surface area contributed by atoms with Gasteiger partial charge in [-0.3, -0.25) is 4.79 Å². The lowest BCUT2D eigenvalue weighted by Gasteiger charge is -2.36. The Hall–Kier alpha value is -3.94. The van der Waals surface area contributed by atoms with Crippen LogP contribution in [-0.4, -0.2) is 39.4 Å². The van der Waals surface area contributed by atoms with E-state index in [1.54, 1.807) is 7.11 Å². The fraction of sp³-hybridized carbons (Fsp3) is 0.357. The summed E-state index contributed by atoms with van der Waals surface area (Å²) in [7, 11) is 2.96. The smallest absolute Gasteiger partial charge is 0.336 e. The predicted molar refractivity (Wildman–Crippen MR) is 131 cm³/mol. The standard InChI is InChI=1S/C28H29NO7/c1-5-34-21-8-6-16(12-23(21)32-3)18-10-19-27(20(30)11-18)26(25(15(2)29-19)28(31)33-4)17-7-9-22-24(13-17)36-14-35-22/h6-9,12-13,18,26,29H,5,10-11,14H2,1-4H3/t18-,26+/m0/s1. The van der Waals surface area contributed by atoms with Gasteiger partial charge >= 0.3 is 5.97 Å². The molecule has 2 aliphatic heterocycles. The van der Waals surface area contributed by atoms with E-state index >= 15 is 0 Å². The molecule has 1 N–H and O–H groups in total. The molecule has 3 aliphatic rings. The average molecular weight is 492 g/mol. The SMILES string of the molecule is CCOc1ccc([C@@H]2CC(=O)C3=C(C2)NC(C)=C(C(=O)OC)[C@H]3c2ccc3c(c2)OCO3)cc1OC. The first kappa shape index (κ1) is 23.8. The molecule has 1 aliphatic carbocycles. The molecule has 0 saturated heterocycles. The first-order valence-corrected chi connectivity index (χ1v) is 12.0. The molecule has 8 heteroatoms. The van der Waals surface area contributed by atoms with Crippen LogP contribution in [0.2, 0.25) is 0 Å². The number of Topliss-reactive ketones (excluding diaryl/α,β-unsaturated/α-hetero) is 1. The van der Waals surface area contributed by atoms with Crippen molar-refractivity contribution in [1.82, 2.24) is 5.32 Å². The van der Waals surface area contributed by atoms with Crippen molar-refractivity contribution >= 4 is 11.8 Å². The Balaban J connectivity index is 1.55. The highest BCUT2D eigenvalue weighted by Crippen LogP contribution is 2.48. The summed E-state index contributed by atoms with van der Waals surface area (Å²) in [5, 5.41) is 3.35. The van der Waals surface area contributed by atoms with Crippen LogP contribution in [-0.2, 0) is 14.3 Å². The molecule has 0 aromatic heterocycles. The molecular weight excluding hydrogens is 462 g/mol. The third-order valence-electron chi connectivity index (χ3n) is 6.92. The van der Waals surface area contributed by atoms with Gasteiger partial charge in [-0.25, -0.2) is 4.79 Å². The zero-order chi connectivity index (χ0) is 25.4. The fourth-order valence-electron chi connectivity index (χ4n) is 5.29. The van der Waals surface area contributed by atoms with Gasteiger partial charge in [-0.1, -0.05) is 12.1 Å². The lowest BCUT2D eigenvalue weighted by molar-refractivity contribution is -0.136. The molecule has 36 heavy (non-hydrogen) atoms. The number of ether oxygens (including phenoxy) is 5. The second-order valence-electron chi connectivity index (χ2n) is 8.96. The first-order valence-electron chi connectivity index (χ1n) is 12.0. The molecule has 5 rings (SSSR count). The first-order chi connectivity index (χ1) is 17.4. The van der Waals surface area contributed by atoms with Crippen molar-refractivity contribution in [3.8, 4) is 23.0 Å². The number of dihydropyridines is 1. The lowest BCUT2D eigenvalue weighted by Crippen LogP contribution is -2.36. The summed E-state index contributed by atoms with van der Waals surface area (Å²) >= 11 is 0. The molecule has 188 valence electrons. The molecule has 2 heterocycles. The number of nitrogens with one attached hydrogen (secondary N) is 1. The van der Waals surface area contributed by atoms with Gasteiger partial charge in [0.1, 0.15) is 0 Å². The van der Waals surface area contributed by atoms with Crippen molar-refractivity contribution in [2.45, 2.75) is 38.5 Å². The summed E-state index contributed by atoms with van der Waals surface area (Å²) in [6, 6.07) is 11.3. The number of hydrogen-bond donors (Lipinski definition) is 1. The van der Waals surface area contributed by atoms with Crippen LogP contribution in [0.15, 0.2) is 58.9 Å². The molecule has 2 aromatic rings. The normalized spacial score (nSPS) is 20.6. The van der Waals surface area contributed by atoms with Gasteiger partial charge in [0.25, 0.3) is 0 Å². The van der Waals surface area contributed by atoms with Gasteiger partial charge in [0.05, 0.1) is 26.4 Å². The van der Waals surface area contributed by atoms with Gasteiger partial charge in [0.2, 0.25) is 6.79 Å². The number of ketones is 1. The van der Waals surface area contributed by atoms with Gasteiger partial charge in [0.15, 0.2) is 28.8 Å². The molecule has 0 amide bonds. The van der Waals surface area contributed by atoms with Crippen LogP contribution < -0.4 is 24.3 Å². The van der Waals surface area contributed by atoms with Crippen LogP contribution in [0.4, 0.5) is 0 Å². The van der Waals surface area contributed by atoms with Crippen LogP contribution >= 0.6 is 0 Å². The molecule has 2 atom stereocenters. The van der Waals surface area contributed by atoms with Crippen LogP contribution in [0, 0.1) is 0 Å². The summed E-state index contributed by atoms with van der Waals surface area (Å²) in [6.45, 7) is 4.44. The number of hydrogen-bond acceptors (Lipinski definition) is 8. The fourth-order valence-corrected chi connectivity index (χ4v) is 5.29. The van der Waals surface area contributed by atoms with E-state index in [1.807, 2.05) is 50.2 Å². The van der Waals surface area contributed by atoms with E-state index in [4.69, 9.17) is 23.7 Å². The molecule has 0 fully saturated rings. The number of fused-ring (bicyclic) bond motifs is 1. The van der Waals surface area contributed by atoms with E-state index in [2.05, 4.69) is 5.32 Å². The van der Waals surface area contributed by atoms with E-state index in [-0.39, 0.29) is 18.5 Å². The van der Waals surface area contributed by atoms with Crippen LogP contribution in [0.25, 0.3) is 0 Å². The Labute approximate surface area is 209 Å². The zero-order valence-corrected chi connectivity index (χ0v) is 20.8. The topological polar surface area (TPSA) is 92.3 Å². The molecule has 0 bridgehead atoms. The molecular formula is C28H29NO7. The summed E-state index contributed by atoms with van der Waals surface area (Å²) < 4.78 is 27.3. The highest BCUT2D eigenvalue weighted by atomic mass is 16.7. The van der Waals surface area contributed by atoms with Gasteiger partial charge in [-0.15, -0.1) is 0 Å². The summed E-state index contributed by atoms with van der Waals surface area (Å²) in [6.07, 6.45) is 0.928. The van der Waals surface area contributed by atoms with Gasteiger partial charge < -0.3 is 29.0 Å². The Morgan fingerprint density at radius 3 is 2.56 bits per heavy atom. The quantitative estimate of drug-likeness (QED) is 0.596. The number of allylic oxidation sites excluding steroid dienone is 3. The predicted octanol–water partition coefficient (Wildman–Crippen LogP) is 4.36. The summed E-state index contributed by atoms with van der Waals surface area (Å²) in [5.74, 6) is 1.45. The van der Waals surface area contributed by atoms with Crippen LogP contribution in [0.1, 0.15) is 49.7 Å². The number of carbonyl (C=O) groups excluding carboxylic acids is 2. The summed E-state index contributed by atoms with van der Waals surface area (Å²) in [5.41, 5.74) is 4.27. The maximum Gasteiger partial charge on any atom is 0.336 e. The highest BCUT2D eigenvalue weighted by molar-refractivity contribution is 6.04. The van der Waals surface area contributed by atoms with Gasteiger partial charge in [-0.2, -0.15) is 0 Å².